The fourth-order valence-electron chi connectivity index (χ4n) is 3.27. The summed E-state index contributed by atoms with van der Waals surface area (Å²) in [6.07, 6.45) is 0.624. The number of rotatable bonds is 7. The number of aryl methyl sites for hydroxylation is 2. The van der Waals surface area contributed by atoms with Gasteiger partial charge in [-0.25, -0.2) is 0 Å². The van der Waals surface area contributed by atoms with Crippen molar-refractivity contribution in [2.75, 3.05) is 13.2 Å². The van der Waals surface area contributed by atoms with Gasteiger partial charge in [0.2, 0.25) is 11.2 Å². The van der Waals surface area contributed by atoms with E-state index in [2.05, 4.69) is 0 Å². The Morgan fingerprint density at radius 2 is 1.52 bits per heavy atom. The van der Waals surface area contributed by atoms with Crippen LogP contribution in [0.15, 0.2) is 75.9 Å². The van der Waals surface area contributed by atoms with Gasteiger partial charge in [0.1, 0.15) is 11.3 Å². The third-order valence-corrected chi connectivity index (χ3v) is 5.19. The van der Waals surface area contributed by atoms with Gasteiger partial charge < -0.3 is 13.9 Å². The lowest BCUT2D eigenvalue weighted by molar-refractivity contribution is 0.244. The van der Waals surface area contributed by atoms with Crippen molar-refractivity contribution in [3.05, 3.63) is 93.1 Å². The first-order chi connectivity index (χ1) is 15.0. The Kier molecular flexibility index (Phi) is 6.28. The van der Waals surface area contributed by atoms with Crippen molar-refractivity contribution < 1.29 is 13.9 Å². The highest BCUT2D eigenvalue weighted by Gasteiger charge is 2.18. The molecule has 0 radical (unpaired) electrons. The number of hydrogen-bond acceptors (Lipinski definition) is 4. The quantitative estimate of drug-likeness (QED) is 0.308. The predicted molar refractivity (Wildman–Crippen MR) is 124 cm³/mol. The SMILES string of the molecule is Cc1ccc(OCCCOc2c(-c3ccc(Cl)cc3)oc3ccc(C)cc3c2=O)cc1. The van der Waals surface area contributed by atoms with Gasteiger partial charge in [0, 0.05) is 17.0 Å². The summed E-state index contributed by atoms with van der Waals surface area (Å²) in [5.41, 5.74) is 3.24. The molecule has 0 fully saturated rings. The molecule has 1 aromatic heterocycles. The molecule has 4 rings (SSSR count). The largest absolute Gasteiger partial charge is 0.493 e. The van der Waals surface area contributed by atoms with E-state index in [0.717, 1.165) is 16.9 Å². The van der Waals surface area contributed by atoms with Gasteiger partial charge in [0.05, 0.1) is 18.6 Å². The van der Waals surface area contributed by atoms with Crippen molar-refractivity contribution in [1.29, 1.82) is 0 Å². The predicted octanol–water partition coefficient (Wildman–Crippen LogP) is 6.58. The van der Waals surface area contributed by atoms with E-state index in [0.29, 0.717) is 41.4 Å². The molecule has 0 spiro atoms. The van der Waals surface area contributed by atoms with E-state index in [-0.39, 0.29) is 11.2 Å². The summed E-state index contributed by atoms with van der Waals surface area (Å²) in [6.45, 7) is 4.79. The van der Waals surface area contributed by atoms with Crippen molar-refractivity contribution in [3.8, 4) is 22.8 Å². The minimum Gasteiger partial charge on any atom is -0.493 e. The van der Waals surface area contributed by atoms with Gasteiger partial charge in [0.25, 0.3) is 0 Å². The monoisotopic (exact) mass is 434 g/mol. The number of benzene rings is 3. The van der Waals surface area contributed by atoms with E-state index in [4.69, 9.17) is 25.5 Å². The fourth-order valence-corrected chi connectivity index (χ4v) is 3.40. The normalized spacial score (nSPS) is 10.9. The number of hydrogen-bond donors (Lipinski definition) is 0. The maximum Gasteiger partial charge on any atom is 0.235 e. The number of fused-ring (bicyclic) bond motifs is 1. The molecule has 0 N–H and O–H groups in total. The first-order valence-electron chi connectivity index (χ1n) is 10.2. The van der Waals surface area contributed by atoms with Crippen LogP contribution >= 0.6 is 11.6 Å². The first-order valence-corrected chi connectivity index (χ1v) is 10.5. The van der Waals surface area contributed by atoms with Gasteiger partial charge in [-0.15, -0.1) is 0 Å². The van der Waals surface area contributed by atoms with Gasteiger partial charge in [-0.1, -0.05) is 40.9 Å². The Balaban J connectivity index is 1.56. The van der Waals surface area contributed by atoms with Gasteiger partial charge in [-0.3, -0.25) is 4.79 Å². The van der Waals surface area contributed by atoms with Crippen LogP contribution in [-0.4, -0.2) is 13.2 Å². The highest BCUT2D eigenvalue weighted by molar-refractivity contribution is 6.30. The van der Waals surface area contributed by atoms with Crippen LogP contribution in [-0.2, 0) is 0 Å². The lowest BCUT2D eigenvalue weighted by Gasteiger charge is -2.12. The molecule has 4 nitrogen and oxygen atoms in total. The molecule has 31 heavy (non-hydrogen) atoms. The molecule has 0 atom stereocenters. The molecule has 158 valence electrons. The molecule has 0 saturated heterocycles. The second-order valence-corrected chi connectivity index (χ2v) is 7.90. The highest BCUT2D eigenvalue weighted by Crippen LogP contribution is 2.32. The van der Waals surface area contributed by atoms with Crippen LogP contribution in [0.1, 0.15) is 17.5 Å². The molecule has 0 aliphatic rings. The second-order valence-electron chi connectivity index (χ2n) is 7.46. The van der Waals surface area contributed by atoms with Crippen LogP contribution in [0.25, 0.3) is 22.3 Å². The summed E-state index contributed by atoms with van der Waals surface area (Å²) in [7, 11) is 0. The van der Waals surface area contributed by atoms with E-state index < -0.39 is 0 Å². The zero-order valence-corrected chi connectivity index (χ0v) is 18.2. The third kappa shape index (κ3) is 4.92. The molecular formula is C26H23ClO4. The molecule has 0 aliphatic heterocycles. The summed E-state index contributed by atoms with van der Waals surface area (Å²) in [5, 5.41) is 1.11. The van der Waals surface area contributed by atoms with E-state index in [1.807, 2.05) is 68.4 Å². The Morgan fingerprint density at radius 1 is 0.839 bits per heavy atom. The van der Waals surface area contributed by atoms with Gasteiger partial charge in [-0.05, 0) is 62.4 Å². The highest BCUT2D eigenvalue weighted by atomic mass is 35.5. The lowest BCUT2D eigenvalue weighted by Crippen LogP contribution is -2.13. The summed E-state index contributed by atoms with van der Waals surface area (Å²) in [5.74, 6) is 1.42. The maximum atomic E-state index is 13.2. The summed E-state index contributed by atoms with van der Waals surface area (Å²) >= 11 is 6.02. The summed E-state index contributed by atoms with van der Waals surface area (Å²) in [4.78, 5) is 13.2. The molecule has 0 aliphatic carbocycles. The van der Waals surface area contributed by atoms with Crippen molar-refractivity contribution in [2.24, 2.45) is 0 Å². The van der Waals surface area contributed by atoms with Crippen LogP contribution in [0, 0.1) is 13.8 Å². The average Bonchev–Trinajstić information content (AvgIpc) is 2.77. The molecular weight excluding hydrogens is 412 g/mol. The molecule has 0 amide bonds. The van der Waals surface area contributed by atoms with Crippen LogP contribution in [0.5, 0.6) is 11.5 Å². The smallest absolute Gasteiger partial charge is 0.235 e. The Labute approximate surface area is 186 Å². The molecule has 4 aromatic rings. The van der Waals surface area contributed by atoms with E-state index in [1.54, 1.807) is 12.1 Å². The molecule has 0 unspecified atom stereocenters. The Hall–Kier alpha value is -3.24. The molecule has 0 saturated carbocycles. The fraction of sp³-hybridized carbons (Fsp3) is 0.192. The molecule has 0 bridgehead atoms. The van der Waals surface area contributed by atoms with Crippen molar-refractivity contribution in [3.63, 3.8) is 0 Å². The molecule has 1 heterocycles. The Bertz CT molecular complexity index is 1240. The third-order valence-electron chi connectivity index (χ3n) is 4.94. The van der Waals surface area contributed by atoms with Gasteiger partial charge in [-0.2, -0.15) is 0 Å². The summed E-state index contributed by atoms with van der Waals surface area (Å²) < 4.78 is 17.8. The second kappa shape index (κ2) is 9.27. The number of halogens is 1. The van der Waals surface area contributed by atoms with Crippen molar-refractivity contribution >= 4 is 22.6 Å². The Morgan fingerprint density at radius 3 is 2.26 bits per heavy atom. The van der Waals surface area contributed by atoms with E-state index in [1.165, 1.54) is 5.56 Å². The van der Waals surface area contributed by atoms with Crippen molar-refractivity contribution in [2.45, 2.75) is 20.3 Å². The minimum absolute atomic E-state index is 0.186. The van der Waals surface area contributed by atoms with Crippen LogP contribution in [0.2, 0.25) is 5.02 Å². The lowest BCUT2D eigenvalue weighted by atomic mass is 10.1. The van der Waals surface area contributed by atoms with Crippen molar-refractivity contribution in [1.82, 2.24) is 0 Å². The van der Waals surface area contributed by atoms with Gasteiger partial charge >= 0.3 is 0 Å². The van der Waals surface area contributed by atoms with Crippen LogP contribution < -0.4 is 14.9 Å². The average molecular weight is 435 g/mol. The minimum atomic E-state index is -0.186. The first kappa shape index (κ1) is 21.0. The maximum absolute atomic E-state index is 13.2. The van der Waals surface area contributed by atoms with E-state index >= 15 is 0 Å². The van der Waals surface area contributed by atoms with Gasteiger partial charge in [0.15, 0.2) is 5.76 Å². The summed E-state index contributed by atoms with van der Waals surface area (Å²) in [6, 6.07) is 20.6. The standard InChI is InChI=1S/C26H23ClO4/c1-17-4-11-21(12-5-17)29-14-3-15-30-26-24(28)22-16-18(2)6-13-23(22)31-25(26)19-7-9-20(27)10-8-19/h4-13,16H,3,14-15H2,1-2H3. The zero-order valence-electron chi connectivity index (χ0n) is 17.5. The van der Waals surface area contributed by atoms with Crippen LogP contribution in [0.4, 0.5) is 0 Å². The zero-order chi connectivity index (χ0) is 21.8. The topological polar surface area (TPSA) is 48.7 Å². The number of ether oxygens (including phenoxy) is 2. The van der Waals surface area contributed by atoms with Crippen LogP contribution in [0.3, 0.4) is 0 Å². The molecule has 5 heteroatoms. The van der Waals surface area contributed by atoms with E-state index in [9.17, 15) is 4.79 Å². The molecule has 3 aromatic carbocycles.